The smallest absolute Gasteiger partial charge is 0.243 e. The van der Waals surface area contributed by atoms with Crippen molar-refractivity contribution in [2.75, 3.05) is 24.3 Å². The van der Waals surface area contributed by atoms with Gasteiger partial charge in [-0.1, -0.05) is 29.3 Å². The summed E-state index contributed by atoms with van der Waals surface area (Å²) in [6.45, 7) is 0.117. The third kappa shape index (κ3) is 4.55. The minimum absolute atomic E-state index is 0.117. The molecule has 1 amide bonds. The monoisotopic (exact) mass is 324 g/mol. The largest absolute Gasteiger partial charge is 0.497 e. The highest BCUT2D eigenvalue weighted by Gasteiger charge is 2.06. The molecule has 0 unspecified atom stereocenters. The second kappa shape index (κ2) is 7.20. The average molecular weight is 325 g/mol. The molecule has 21 heavy (non-hydrogen) atoms. The Morgan fingerprint density at radius 2 is 2.00 bits per heavy atom. The molecule has 0 saturated heterocycles. The molecule has 6 heteroatoms. The van der Waals surface area contributed by atoms with Crippen LogP contribution in [0.25, 0.3) is 0 Å². The molecule has 0 aliphatic heterocycles. The van der Waals surface area contributed by atoms with Crippen LogP contribution in [-0.4, -0.2) is 19.6 Å². The number of ether oxygens (including phenoxy) is 1. The molecule has 110 valence electrons. The van der Waals surface area contributed by atoms with Gasteiger partial charge in [-0.15, -0.1) is 0 Å². The second-order valence-corrected chi connectivity index (χ2v) is 5.10. The number of amides is 1. The van der Waals surface area contributed by atoms with Gasteiger partial charge in [-0.2, -0.15) is 0 Å². The molecule has 0 bridgehead atoms. The molecule has 0 radical (unpaired) electrons. The van der Waals surface area contributed by atoms with Crippen molar-refractivity contribution in [2.45, 2.75) is 0 Å². The molecule has 0 saturated carbocycles. The Labute approximate surface area is 133 Å². The minimum Gasteiger partial charge on any atom is -0.497 e. The molecular weight excluding hydrogens is 311 g/mol. The number of hydrogen-bond acceptors (Lipinski definition) is 3. The van der Waals surface area contributed by atoms with Crippen molar-refractivity contribution in [3.8, 4) is 5.75 Å². The van der Waals surface area contributed by atoms with Crippen molar-refractivity contribution in [3.05, 3.63) is 52.5 Å². The van der Waals surface area contributed by atoms with Crippen LogP contribution in [0.15, 0.2) is 42.5 Å². The summed E-state index contributed by atoms with van der Waals surface area (Å²) in [6.07, 6.45) is 0. The first-order chi connectivity index (χ1) is 10.1. The number of rotatable bonds is 5. The van der Waals surface area contributed by atoms with E-state index in [1.165, 1.54) is 0 Å². The van der Waals surface area contributed by atoms with Crippen LogP contribution in [0, 0.1) is 0 Å². The maximum absolute atomic E-state index is 11.9. The first-order valence-corrected chi connectivity index (χ1v) is 6.97. The molecule has 2 aromatic rings. The number of anilines is 2. The van der Waals surface area contributed by atoms with Gasteiger partial charge in [-0.3, -0.25) is 4.79 Å². The third-order valence-corrected chi connectivity index (χ3v) is 3.28. The molecule has 0 aromatic heterocycles. The number of benzene rings is 2. The highest BCUT2D eigenvalue weighted by Crippen LogP contribution is 2.25. The number of hydrogen-bond donors (Lipinski definition) is 2. The molecule has 4 nitrogen and oxygen atoms in total. The Bertz CT molecular complexity index is 647. The van der Waals surface area contributed by atoms with Gasteiger partial charge in [-0.25, -0.2) is 0 Å². The van der Waals surface area contributed by atoms with Crippen LogP contribution < -0.4 is 15.4 Å². The fourth-order valence-electron chi connectivity index (χ4n) is 1.70. The number of carbonyl (C=O) groups excluding carboxylic acids is 1. The Morgan fingerprint density at radius 3 is 2.71 bits per heavy atom. The van der Waals surface area contributed by atoms with Crippen molar-refractivity contribution in [3.63, 3.8) is 0 Å². The highest BCUT2D eigenvalue weighted by atomic mass is 35.5. The van der Waals surface area contributed by atoms with Gasteiger partial charge in [0.15, 0.2) is 0 Å². The van der Waals surface area contributed by atoms with Gasteiger partial charge in [0.05, 0.1) is 24.4 Å². The average Bonchev–Trinajstić information content (AvgIpc) is 2.48. The second-order valence-electron chi connectivity index (χ2n) is 4.26. The number of methoxy groups -OCH3 is 1. The Hall–Kier alpha value is -1.91. The lowest BCUT2D eigenvalue weighted by atomic mass is 10.3. The van der Waals surface area contributed by atoms with Crippen molar-refractivity contribution in [1.82, 2.24) is 0 Å². The maximum Gasteiger partial charge on any atom is 0.243 e. The van der Waals surface area contributed by atoms with Crippen molar-refractivity contribution in [1.29, 1.82) is 0 Å². The van der Waals surface area contributed by atoms with Crippen LogP contribution >= 0.6 is 23.2 Å². The Kier molecular flexibility index (Phi) is 5.31. The quantitative estimate of drug-likeness (QED) is 0.872. The number of nitrogens with one attached hydrogen (secondary N) is 2. The first kappa shape index (κ1) is 15.5. The minimum atomic E-state index is -0.206. The normalized spacial score (nSPS) is 10.0. The van der Waals surface area contributed by atoms with E-state index in [2.05, 4.69) is 10.6 Å². The number of halogens is 2. The van der Waals surface area contributed by atoms with E-state index in [1.807, 2.05) is 24.3 Å². The van der Waals surface area contributed by atoms with E-state index in [-0.39, 0.29) is 12.5 Å². The standard InChI is InChI=1S/C15H14Cl2N2O2/c1-21-12-4-2-3-11(8-12)18-9-15(20)19-14-6-5-10(16)7-13(14)17/h2-8,18H,9H2,1H3,(H,19,20). The summed E-state index contributed by atoms with van der Waals surface area (Å²) in [5, 5.41) is 6.64. The van der Waals surface area contributed by atoms with E-state index in [4.69, 9.17) is 27.9 Å². The van der Waals surface area contributed by atoms with E-state index in [0.717, 1.165) is 11.4 Å². The van der Waals surface area contributed by atoms with Gasteiger partial charge < -0.3 is 15.4 Å². The van der Waals surface area contributed by atoms with Gasteiger partial charge in [0.1, 0.15) is 5.75 Å². The predicted octanol–water partition coefficient (Wildman–Crippen LogP) is 4.05. The van der Waals surface area contributed by atoms with Crippen LogP contribution in [0.5, 0.6) is 5.75 Å². The molecule has 2 N–H and O–H groups in total. The summed E-state index contributed by atoms with van der Waals surface area (Å²) in [7, 11) is 1.59. The van der Waals surface area contributed by atoms with Gasteiger partial charge in [-0.05, 0) is 30.3 Å². The summed E-state index contributed by atoms with van der Waals surface area (Å²) < 4.78 is 5.11. The van der Waals surface area contributed by atoms with Gasteiger partial charge in [0.25, 0.3) is 0 Å². The lowest BCUT2D eigenvalue weighted by Gasteiger charge is -2.10. The Balaban J connectivity index is 1.92. The lowest BCUT2D eigenvalue weighted by Crippen LogP contribution is -2.21. The van der Waals surface area contributed by atoms with Gasteiger partial charge >= 0.3 is 0 Å². The van der Waals surface area contributed by atoms with Gasteiger partial charge in [0.2, 0.25) is 5.91 Å². The zero-order valence-electron chi connectivity index (χ0n) is 11.3. The van der Waals surface area contributed by atoms with Gasteiger partial charge in [0, 0.05) is 16.8 Å². The van der Waals surface area contributed by atoms with Crippen LogP contribution in [0.1, 0.15) is 0 Å². The zero-order chi connectivity index (χ0) is 15.2. The van der Waals surface area contributed by atoms with E-state index in [1.54, 1.807) is 25.3 Å². The summed E-state index contributed by atoms with van der Waals surface area (Å²) in [5.41, 5.74) is 1.32. The van der Waals surface area contributed by atoms with E-state index < -0.39 is 0 Å². The molecule has 0 aliphatic carbocycles. The van der Waals surface area contributed by atoms with E-state index in [0.29, 0.717) is 15.7 Å². The first-order valence-electron chi connectivity index (χ1n) is 6.21. The number of carbonyl (C=O) groups is 1. The van der Waals surface area contributed by atoms with Crippen molar-refractivity contribution in [2.24, 2.45) is 0 Å². The predicted molar refractivity (Wildman–Crippen MR) is 86.6 cm³/mol. The van der Waals surface area contributed by atoms with Crippen molar-refractivity contribution >= 4 is 40.5 Å². The molecule has 0 aliphatic rings. The molecule has 0 fully saturated rings. The summed E-state index contributed by atoms with van der Waals surface area (Å²) >= 11 is 11.8. The Morgan fingerprint density at radius 1 is 1.19 bits per heavy atom. The topological polar surface area (TPSA) is 50.4 Å². The summed E-state index contributed by atoms with van der Waals surface area (Å²) in [4.78, 5) is 11.9. The molecule has 0 spiro atoms. The molecular formula is C15H14Cl2N2O2. The highest BCUT2D eigenvalue weighted by molar-refractivity contribution is 6.36. The zero-order valence-corrected chi connectivity index (χ0v) is 12.8. The molecule has 2 aromatic carbocycles. The lowest BCUT2D eigenvalue weighted by molar-refractivity contribution is -0.114. The van der Waals surface area contributed by atoms with Crippen molar-refractivity contribution < 1.29 is 9.53 Å². The van der Waals surface area contributed by atoms with E-state index >= 15 is 0 Å². The SMILES string of the molecule is COc1cccc(NCC(=O)Nc2ccc(Cl)cc2Cl)c1. The fraction of sp³-hybridized carbons (Fsp3) is 0.133. The molecule has 0 atom stereocenters. The van der Waals surface area contributed by atoms with Crippen LogP contribution in [0.2, 0.25) is 10.0 Å². The summed E-state index contributed by atoms with van der Waals surface area (Å²) in [5.74, 6) is 0.517. The van der Waals surface area contributed by atoms with Crippen LogP contribution in [-0.2, 0) is 4.79 Å². The molecule has 0 heterocycles. The van der Waals surface area contributed by atoms with Crippen LogP contribution in [0.4, 0.5) is 11.4 Å². The van der Waals surface area contributed by atoms with E-state index in [9.17, 15) is 4.79 Å². The van der Waals surface area contributed by atoms with Crippen LogP contribution in [0.3, 0.4) is 0 Å². The molecule has 2 rings (SSSR count). The fourth-order valence-corrected chi connectivity index (χ4v) is 2.16. The summed E-state index contributed by atoms with van der Waals surface area (Å²) in [6, 6.07) is 12.2. The maximum atomic E-state index is 11.9. The third-order valence-electron chi connectivity index (χ3n) is 2.73.